The van der Waals surface area contributed by atoms with Crippen LogP contribution < -0.4 is 10.6 Å². The Kier molecular flexibility index (Phi) is 4.51. The average molecular weight is 267 g/mol. The van der Waals surface area contributed by atoms with Gasteiger partial charge in [-0.05, 0) is 17.7 Å². The van der Waals surface area contributed by atoms with Crippen LogP contribution in [0.5, 0.6) is 0 Å². The van der Waals surface area contributed by atoms with Crippen molar-refractivity contribution in [2.45, 2.75) is 19.9 Å². The van der Waals surface area contributed by atoms with Gasteiger partial charge >= 0.3 is 0 Å². The van der Waals surface area contributed by atoms with Gasteiger partial charge in [-0.2, -0.15) is 5.26 Å². The highest BCUT2D eigenvalue weighted by Gasteiger charge is 2.02. The molecule has 0 aliphatic heterocycles. The number of anilines is 2. The van der Waals surface area contributed by atoms with Gasteiger partial charge in [-0.3, -0.25) is 0 Å². The zero-order chi connectivity index (χ0) is 14.4. The Bertz CT molecular complexity index is 591. The van der Waals surface area contributed by atoms with Gasteiger partial charge in [-0.15, -0.1) is 0 Å². The summed E-state index contributed by atoms with van der Waals surface area (Å²) < 4.78 is 0. The van der Waals surface area contributed by atoms with Crippen LogP contribution in [0.2, 0.25) is 0 Å². The summed E-state index contributed by atoms with van der Waals surface area (Å²) in [7, 11) is 1.84. The Labute approximate surface area is 118 Å². The van der Waals surface area contributed by atoms with Crippen LogP contribution in [0, 0.1) is 11.3 Å². The summed E-state index contributed by atoms with van der Waals surface area (Å²) in [5, 5.41) is 15.1. The molecule has 0 aliphatic rings. The summed E-state index contributed by atoms with van der Waals surface area (Å²) in [5.74, 6) is 2.41. The highest BCUT2D eigenvalue weighted by molar-refractivity contribution is 5.47. The lowest BCUT2D eigenvalue weighted by molar-refractivity contribution is 0.934. The van der Waals surface area contributed by atoms with Crippen molar-refractivity contribution in [2.75, 3.05) is 17.7 Å². The topological polar surface area (TPSA) is 73.6 Å². The minimum absolute atomic E-state index is 0.662. The number of rotatable bonds is 5. The second-order valence-electron chi connectivity index (χ2n) is 4.32. The lowest BCUT2D eigenvalue weighted by Gasteiger charge is -2.09. The van der Waals surface area contributed by atoms with Crippen molar-refractivity contribution in [1.82, 2.24) is 9.97 Å². The van der Waals surface area contributed by atoms with E-state index < -0.39 is 0 Å². The van der Waals surface area contributed by atoms with Gasteiger partial charge in [0.15, 0.2) is 0 Å². The second-order valence-corrected chi connectivity index (χ2v) is 4.32. The molecule has 0 saturated carbocycles. The Hall–Kier alpha value is -2.61. The highest BCUT2D eigenvalue weighted by Crippen LogP contribution is 2.13. The third-order valence-corrected chi connectivity index (χ3v) is 2.90. The van der Waals surface area contributed by atoms with Crippen LogP contribution in [0.25, 0.3) is 0 Å². The minimum atomic E-state index is 0.662. The molecular formula is C15H17N5. The largest absolute Gasteiger partial charge is 0.373 e. The van der Waals surface area contributed by atoms with E-state index in [2.05, 4.69) is 26.7 Å². The molecule has 0 fully saturated rings. The van der Waals surface area contributed by atoms with Crippen molar-refractivity contribution in [3.05, 3.63) is 47.3 Å². The summed E-state index contributed by atoms with van der Waals surface area (Å²) in [6.45, 7) is 2.69. The predicted molar refractivity (Wildman–Crippen MR) is 79.4 cm³/mol. The number of hydrogen-bond donors (Lipinski definition) is 2. The van der Waals surface area contributed by atoms with Gasteiger partial charge in [0.05, 0.1) is 11.6 Å². The smallest absolute Gasteiger partial charge is 0.132 e. The standard InChI is InChI=1S/C15H17N5/c1-3-13-19-14(17-2)8-15(20-13)18-10-12-6-4-11(9-16)5-7-12/h4-8H,3,10H2,1-2H3,(H2,17,18,19,20). The summed E-state index contributed by atoms with van der Waals surface area (Å²) >= 11 is 0. The number of aryl methyl sites for hydroxylation is 1. The maximum atomic E-state index is 8.76. The lowest BCUT2D eigenvalue weighted by atomic mass is 10.1. The predicted octanol–water partition coefficient (Wildman–Crippen LogP) is 2.56. The molecule has 0 aliphatic carbocycles. The average Bonchev–Trinajstić information content (AvgIpc) is 2.53. The molecule has 0 amide bonds. The van der Waals surface area contributed by atoms with E-state index in [0.717, 1.165) is 29.4 Å². The summed E-state index contributed by atoms with van der Waals surface area (Å²) in [4.78, 5) is 8.78. The zero-order valence-corrected chi connectivity index (χ0v) is 11.6. The third kappa shape index (κ3) is 3.45. The van der Waals surface area contributed by atoms with Gasteiger partial charge in [0.25, 0.3) is 0 Å². The Morgan fingerprint density at radius 1 is 1.15 bits per heavy atom. The van der Waals surface area contributed by atoms with E-state index >= 15 is 0 Å². The fourth-order valence-electron chi connectivity index (χ4n) is 1.76. The first-order valence-corrected chi connectivity index (χ1v) is 6.53. The Morgan fingerprint density at radius 2 is 1.85 bits per heavy atom. The fraction of sp³-hybridized carbons (Fsp3) is 0.267. The Morgan fingerprint density at radius 3 is 2.45 bits per heavy atom. The van der Waals surface area contributed by atoms with E-state index in [4.69, 9.17) is 5.26 Å². The van der Waals surface area contributed by atoms with Crippen molar-refractivity contribution >= 4 is 11.6 Å². The van der Waals surface area contributed by atoms with Crippen LogP contribution in [0.15, 0.2) is 30.3 Å². The molecule has 102 valence electrons. The number of nitrogens with one attached hydrogen (secondary N) is 2. The van der Waals surface area contributed by atoms with Gasteiger partial charge in [0.2, 0.25) is 0 Å². The zero-order valence-electron chi connectivity index (χ0n) is 11.6. The number of hydrogen-bond acceptors (Lipinski definition) is 5. The van der Waals surface area contributed by atoms with Crippen LogP contribution >= 0.6 is 0 Å². The maximum Gasteiger partial charge on any atom is 0.132 e. The van der Waals surface area contributed by atoms with Gasteiger partial charge in [-0.1, -0.05) is 19.1 Å². The SMILES string of the molecule is CCc1nc(NC)cc(NCc2ccc(C#N)cc2)n1. The first kappa shape index (κ1) is 13.8. The van der Waals surface area contributed by atoms with Crippen molar-refractivity contribution in [3.8, 4) is 6.07 Å². The van der Waals surface area contributed by atoms with E-state index in [1.165, 1.54) is 0 Å². The summed E-state index contributed by atoms with van der Waals surface area (Å²) in [6, 6.07) is 11.5. The fourth-order valence-corrected chi connectivity index (χ4v) is 1.76. The van der Waals surface area contributed by atoms with Crippen LogP contribution in [-0.4, -0.2) is 17.0 Å². The van der Waals surface area contributed by atoms with Gasteiger partial charge < -0.3 is 10.6 Å². The Balaban J connectivity index is 2.07. The van der Waals surface area contributed by atoms with Crippen LogP contribution in [0.1, 0.15) is 23.9 Å². The number of aromatic nitrogens is 2. The molecule has 2 rings (SSSR count). The highest BCUT2D eigenvalue weighted by atomic mass is 15.1. The van der Waals surface area contributed by atoms with Crippen LogP contribution in [-0.2, 0) is 13.0 Å². The van der Waals surface area contributed by atoms with E-state index in [0.29, 0.717) is 12.1 Å². The van der Waals surface area contributed by atoms with Gasteiger partial charge in [0, 0.05) is 26.1 Å². The second kappa shape index (κ2) is 6.53. The minimum Gasteiger partial charge on any atom is -0.373 e. The molecule has 0 spiro atoms. The maximum absolute atomic E-state index is 8.76. The van der Waals surface area contributed by atoms with Crippen molar-refractivity contribution in [1.29, 1.82) is 5.26 Å². The molecule has 0 unspecified atom stereocenters. The van der Waals surface area contributed by atoms with Crippen LogP contribution in [0.4, 0.5) is 11.6 Å². The molecular weight excluding hydrogens is 250 g/mol. The number of nitrogens with zero attached hydrogens (tertiary/aromatic N) is 3. The van der Waals surface area contributed by atoms with E-state index in [1.807, 2.05) is 44.3 Å². The third-order valence-electron chi connectivity index (χ3n) is 2.90. The first-order valence-electron chi connectivity index (χ1n) is 6.53. The molecule has 2 aromatic rings. The van der Waals surface area contributed by atoms with Crippen molar-refractivity contribution < 1.29 is 0 Å². The monoisotopic (exact) mass is 267 g/mol. The molecule has 5 heteroatoms. The molecule has 1 aromatic carbocycles. The molecule has 0 atom stereocenters. The van der Waals surface area contributed by atoms with E-state index in [9.17, 15) is 0 Å². The molecule has 2 N–H and O–H groups in total. The van der Waals surface area contributed by atoms with E-state index in [1.54, 1.807) is 0 Å². The van der Waals surface area contributed by atoms with Crippen molar-refractivity contribution in [2.24, 2.45) is 0 Å². The number of nitriles is 1. The molecule has 0 bridgehead atoms. The normalized spacial score (nSPS) is 9.85. The number of benzene rings is 1. The summed E-state index contributed by atoms with van der Waals surface area (Å²) in [5.41, 5.74) is 1.77. The molecule has 1 heterocycles. The lowest BCUT2D eigenvalue weighted by Crippen LogP contribution is -2.06. The van der Waals surface area contributed by atoms with Crippen molar-refractivity contribution in [3.63, 3.8) is 0 Å². The molecule has 1 aromatic heterocycles. The molecule has 5 nitrogen and oxygen atoms in total. The van der Waals surface area contributed by atoms with E-state index in [-0.39, 0.29) is 0 Å². The van der Waals surface area contributed by atoms with Gasteiger partial charge in [0.1, 0.15) is 17.5 Å². The molecule has 0 radical (unpaired) electrons. The summed E-state index contributed by atoms with van der Waals surface area (Å²) in [6.07, 6.45) is 0.793. The van der Waals surface area contributed by atoms with Gasteiger partial charge in [-0.25, -0.2) is 9.97 Å². The molecule has 20 heavy (non-hydrogen) atoms. The first-order chi connectivity index (χ1) is 9.75. The molecule has 0 saturated heterocycles. The van der Waals surface area contributed by atoms with Crippen LogP contribution in [0.3, 0.4) is 0 Å². The quantitative estimate of drug-likeness (QED) is 0.871.